The van der Waals surface area contributed by atoms with Crippen molar-refractivity contribution < 1.29 is 0 Å². The van der Waals surface area contributed by atoms with Gasteiger partial charge in [-0.1, -0.05) is 158 Å². The molecule has 6 aromatic carbocycles. The fourth-order valence-electron chi connectivity index (χ4n) is 4.98. The van der Waals surface area contributed by atoms with Gasteiger partial charge in [-0.15, -0.1) is 0 Å². The molecule has 0 amide bonds. The van der Waals surface area contributed by atoms with Crippen molar-refractivity contribution in [3.63, 3.8) is 0 Å². The molecular weight excluding hydrogens is 482 g/mol. The maximum Gasteiger partial charge on any atom is 0.0629 e. The Morgan fingerprint density at radius 1 is 0.350 bits per heavy atom. The maximum absolute atomic E-state index is 4.58. The molecule has 0 N–H and O–H groups in total. The van der Waals surface area contributed by atoms with Crippen LogP contribution in [0.15, 0.2) is 175 Å². The zero-order valence-electron chi connectivity index (χ0n) is 22.2. The van der Waals surface area contributed by atoms with Crippen LogP contribution in [0.3, 0.4) is 0 Å². The molecule has 40 heavy (non-hydrogen) atoms. The Morgan fingerprint density at radius 3 is 1.12 bits per heavy atom. The largest absolute Gasteiger partial charge is 0.256 e. The van der Waals surface area contributed by atoms with Crippen molar-refractivity contribution in [1.29, 1.82) is 0 Å². The third kappa shape index (κ3) is 5.75. The van der Waals surface area contributed by atoms with E-state index >= 15 is 0 Å². The average Bonchev–Trinajstić information content (AvgIpc) is 3.05. The monoisotopic (exact) mass is 511 g/mol. The fourth-order valence-corrected chi connectivity index (χ4v) is 4.98. The van der Waals surface area contributed by atoms with Gasteiger partial charge in [-0.25, -0.2) is 0 Å². The molecule has 0 saturated carbocycles. The number of para-hydroxylation sites is 1. The van der Waals surface area contributed by atoms with Gasteiger partial charge in [-0.3, -0.25) is 4.99 Å². The summed E-state index contributed by atoms with van der Waals surface area (Å²) in [5, 5.41) is 0. The van der Waals surface area contributed by atoms with Crippen LogP contribution in [-0.2, 0) is 0 Å². The first-order chi connectivity index (χ1) is 19.8. The molecule has 0 fully saturated rings. The summed E-state index contributed by atoms with van der Waals surface area (Å²) in [6.07, 6.45) is 1.91. The fraction of sp³-hybridized carbons (Fsp3) is 0. The number of hydrogen-bond acceptors (Lipinski definition) is 1. The van der Waals surface area contributed by atoms with Crippen LogP contribution in [0.25, 0.3) is 22.3 Å². The van der Waals surface area contributed by atoms with Crippen molar-refractivity contribution in [2.24, 2.45) is 4.99 Å². The Labute approximate surface area is 236 Å². The summed E-state index contributed by atoms with van der Waals surface area (Å²) in [6.45, 7) is 0. The summed E-state index contributed by atoms with van der Waals surface area (Å²) in [5.74, 6) is 0. The molecule has 0 radical (unpaired) electrons. The van der Waals surface area contributed by atoms with Crippen LogP contribution < -0.4 is 0 Å². The van der Waals surface area contributed by atoms with E-state index < -0.39 is 0 Å². The zero-order chi connectivity index (χ0) is 27.0. The van der Waals surface area contributed by atoms with Crippen LogP contribution in [0.1, 0.15) is 27.8 Å². The lowest BCUT2D eigenvalue weighted by atomic mass is 9.85. The number of nitrogens with zero attached hydrogens (tertiary/aromatic N) is 1. The molecule has 0 atom stereocenters. The molecule has 0 aromatic heterocycles. The van der Waals surface area contributed by atoms with Gasteiger partial charge in [-0.2, -0.15) is 0 Å². The van der Waals surface area contributed by atoms with Gasteiger partial charge in [0, 0.05) is 6.21 Å². The van der Waals surface area contributed by atoms with E-state index in [9.17, 15) is 0 Å². The number of aliphatic imine (C=N–C) groups is 1. The van der Waals surface area contributed by atoms with Crippen molar-refractivity contribution >= 4 is 23.0 Å². The molecule has 1 nitrogen and oxygen atoms in total. The molecule has 0 aliphatic carbocycles. The first kappa shape index (κ1) is 25.0. The van der Waals surface area contributed by atoms with Crippen LogP contribution >= 0.6 is 0 Å². The normalized spacial score (nSPS) is 10.9. The van der Waals surface area contributed by atoms with Crippen LogP contribution in [-0.4, -0.2) is 6.21 Å². The lowest BCUT2D eigenvalue weighted by Crippen LogP contribution is -1.97. The summed E-state index contributed by atoms with van der Waals surface area (Å²) in [4.78, 5) is 4.58. The molecule has 0 bridgehead atoms. The summed E-state index contributed by atoms with van der Waals surface area (Å²) < 4.78 is 0. The van der Waals surface area contributed by atoms with Gasteiger partial charge < -0.3 is 0 Å². The molecular formula is C39H29N. The zero-order valence-corrected chi connectivity index (χ0v) is 22.2. The van der Waals surface area contributed by atoms with Gasteiger partial charge >= 0.3 is 0 Å². The molecule has 0 heterocycles. The van der Waals surface area contributed by atoms with Crippen LogP contribution in [0, 0.1) is 0 Å². The molecule has 190 valence electrons. The number of hydrogen-bond donors (Lipinski definition) is 0. The minimum Gasteiger partial charge on any atom is -0.256 e. The van der Waals surface area contributed by atoms with Gasteiger partial charge in [0.15, 0.2) is 0 Å². The minimum absolute atomic E-state index is 0.954. The maximum atomic E-state index is 4.58. The molecule has 0 aliphatic rings. The second kappa shape index (κ2) is 12.1. The van der Waals surface area contributed by atoms with E-state index in [2.05, 4.69) is 145 Å². The van der Waals surface area contributed by atoms with Gasteiger partial charge in [-0.05, 0) is 62.2 Å². The molecule has 0 spiro atoms. The minimum atomic E-state index is 0.954. The Balaban J connectivity index is 1.39. The smallest absolute Gasteiger partial charge is 0.0629 e. The first-order valence-electron chi connectivity index (χ1n) is 13.6. The Morgan fingerprint density at radius 2 is 0.700 bits per heavy atom. The molecule has 1 heteroatoms. The highest BCUT2D eigenvalue weighted by molar-refractivity contribution is 6.04. The highest BCUT2D eigenvalue weighted by Gasteiger charge is 2.16. The third-order valence-corrected chi connectivity index (χ3v) is 6.97. The van der Waals surface area contributed by atoms with Crippen molar-refractivity contribution in [2.45, 2.75) is 0 Å². The van der Waals surface area contributed by atoms with Crippen LogP contribution in [0.5, 0.6) is 0 Å². The summed E-state index contributed by atoms with van der Waals surface area (Å²) >= 11 is 0. The number of rotatable bonds is 7. The molecule has 0 aliphatic heterocycles. The van der Waals surface area contributed by atoms with E-state index in [-0.39, 0.29) is 0 Å². The summed E-state index contributed by atoms with van der Waals surface area (Å²) in [7, 11) is 0. The van der Waals surface area contributed by atoms with Crippen LogP contribution in [0.4, 0.5) is 5.69 Å². The van der Waals surface area contributed by atoms with E-state index in [1.807, 2.05) is 36.5 Å². The summed E-state index contributed by atoms with van der Waals surface area (Å²) in [5.41, 5.74) is 11.6. The van der Waals surface area contributed by atoms with Gasteiger partial charge in [0.25, 0.3) is 0 Å². The van der Waals surface area contributed by atoms with E-state index in [0.717, 1.165) is 11.3 Å². The average molecular weight is 512 g/mol. The Bertz CT molecular complexity index is 1670. The highest BCUT2D eigenvalue weighted by atomic mass is 14.7. The quantitative estimate of drug-likeness (QED) is 0.149. The SMILES string of the molecule is C(=Nc1ccccc1)c1ccc(-c2ccc(C(=C(c3ccccc3)c3ccccc3)c3ccccc3)cc2)cc1. The van der Waals surface area contributed by atoms with E-state index in [1.54, 1.807) is 0 Å². The number of benzene rings is 6. The summed E-state index contributed by atoms with van der Waals surface area (Å²) in [6, 6.07) is 59.6. The topological polar surface area (TPSA) is 12.4 Å². The van der Waals surface area contributed by atoms with E-state index in [1.165, 1.54) is 44.5 Å². The van der Waals surface area contributed by atoms with Gasteiger partial charge in [0.1, 0.15) is 0 Å². The second-order valence-corrected chi connectivity index (χ2v) is 9.64. The predicted octanol–water partition coefficient (Wildman–Crippen LogP) is 10.1. The molecule has 0 saturated heterocycles. The standard InChI is InChI=1S/C39H29N/c1-5-13-33(14-6-1)38(34-15-7-2-8-16-34)39(35-17-9-3-10-18-35)36-27-25-32(26-28-36)31-23-21-30(22-24-31)29-40-37-19-11-4-12-20-37/h1-29H. The van der Waals surface area contributed by atoms with Crippen molar-refractivity contribution in [2.75, 3.05) is 0 Å². The van der Waals surface area contributed by atoms with E-state index in [0.29, 0.717) is 0 Å². The molecule has 6 aromatic rings. The third-order valence-electron chi connectivity index (χ3n) is 6.97. The lowest BCUT2D eigenvalue weighted by Gasteiger charge is -2.18. The van der Waals surface area contributed by atoms with Crippen molar-refractivity contribution in [3.8, 4) is 11.1 Å². The van der Waals surface area contributed by atoms with Crippen LogP contribution in [0.2, 0.25) is 0 Å². The second-order valence-electron chi connectivity index (χ2n) is 9.64. The predicted molar refractivity (Wildman–Crippen MR) is 170 cm³/mol. The van der Waals surface area contributed by atoms with Gasteiger partial charge in [0.05, 0.1) is 5.69 Å². The van der Waals surface area contributed by atoms with E-state index in [4.69, 9.17) is 0 Å². The Kier molecular flexibility index (Phi) is 7.55. The van der Waals surface area contributed by atoms with Gasteiger partial charge in [0.2, 0.25) is 0 Å². The molecule has 0 unspecified atom stereocenters. The Hall–Kier alpha value is -5.27. The first-order valence-corrected chi connectivity index (χ1v) is 13.6. The molecule has 6 rings (SSSR count). The van der Waals surface area contributed by atoms with Crippen molar-refractivity contribution in [1.82, 2.24) is 0 Å². The van der Waals surface area contributed by atoms with Crippen molar-refractivity contribution in [3.05, 3.63) is 198 Å². The highest BCUT2D eigenvalue weighted by Crippen LogP contribution is 2.37. The lowest BCUT2D eigenvalue weighted by molar-refractivity contribution is 1.50.